The number of hydrogen-bond acceptors (Lipinski definition) is 5. The molecule has 2 heterocycles. The van der Waals surface area contributed by atoms with Crippen LogP contribution in [0.1, 0.15) is 17.4 Å². The van der Waals surface area contributed by atoms with Crippen LogP contribution in [0.15, 0.2) is 42.6 Å². The molecule has 0 unspecified atom stereocenters. The molecule has 3 aromatic rings. The van der Waals surface area contributed by atoms with Gasteiger partial charge in [-0.15, -0.1) is 11.3 Å². The van der Waals surface area contributed by atoms with Crippen molar-refractivity contribution < 1.29 is 9.53 Å². The van der Waals surface area contributed by atoms with E-state index < -0.39 is 5.97 Å². The van der Waals surface area contributed by atoms with Gasteiger partial charge in [-0.2, -0.15) is 9.30 Å². The predicted molar refractivity (Wildman–Crippen MR) is 86.0 cm³/mol. The van der Waals surface area contributed by atoms with Crippen LogP contribution in [0.25, 0.3) is 21.1 Å². The molecule has 0 atom stereocenters. The van der Waals surface area contributed by atoms with E-state index in [0.29, 0.717) is 5.69 Å². The lowest BCUT2D eigenvalue weighted by Gasteiger charge is -1.98. The summed E-state index contributed by atoms with van der Waals surface area (Å²) in [6.45, 7) is 2.03. The van der Waals surface area contributed by atoms with Crippen molar-refractivity contribution in [2.24, 2.45) is 0 Å². The fraction of sp³-hybridized carbons (Fsp3) is 0.133. The maximum atomic E-state index is 11.8. The number of benzene rings is 1. The Bertz CT molecular complexity index is 798. The standard InChI is InChI=1S/C15H12ClN3O2S/c1-2-21-15(20)12-8-11(18-19(12)16)13-9-17-14(22-13)10-6-4-3-5-7-10/h3-9H,2H2,1H3. The number of thiazole rings is 1. The first-order chi connectivity index (χ1) is 10.7. The summed E-state index contributed by atoms with van der Waals surface area (Å²) in [6.07, 6.45) is 1.72. The number of carbonyl (C=O) groups is 1. The SMILES string of the molecule is CCOC(=O)c1cc(-c2cnc(-c3ccccc3)s2)nn1Cl. The van der Waals surface area contributed by atoms with E-state index in [9.17, 15) is 4.79 Å². The number of halogens is 1. The molecule has 0 saturated carbocycles. The minimum atomic E-state index is -0.496. The van der Waals surface area contributed by atoms with Gasteiger partial charge in [0.1, 0.15) is 10.7 Å². The van der Waals surface area contributed by atoms with Gasteiger partial charge in [-0.05, 0) is 6.92 Å². The summed E-state index contributed by atoms with van der Waals surface area (Å²) in [4.78, 5) is 17.0. The largest absolute Gasteiger partial charge is 0.461 e. The lowest BCUT2D eigenvalue weighted by atomic mass is 10.2. The molecule has 3 rings (SSSR count). The maximum Gasteiger partial charge on any atom is 0.358 e. The molecule has 0 aliphatic rings. The first-order valence-electron chi connectivity index (χ1n) is 6.64. The zero-order valence-corrected chi connectivity index (χ0v) is 13.3. The molecule has 0 N–H and O–H groups in total. The summed E-state index contributed by atoms with van der Waals surface area (Å²) in [7, 11) is 0. The summed E-state index contributed by atoms with van der Waals surface area (Å²) in [5, 5.41) is 5.03. The summed E-state index contributed by atoms with van der Waals surface area (Å²) in [5.41, 5.74) is 1.83. The Labute approximate surface area is 136 Å². The van der Waals surface area contributed by atoms with Crippen molar-refractivity contribution in [3.63, 3.8) is 0 Å². The highest BCUT2D eigenvalue weighted by molar-refractivity contribution is 7.18. The van der Waals surface area contributed by atoms with Crippen molar-refractivity contribution >= 4 is 29.1 Å². The molecule has 0 spiro atoms. The molecule has 0 aliphatic carbocycles. The Morgan fingerprint density at radius 2 is 2.14 bits per heavy atom. The lowest BCUT2D eigenvalue weighted by molar-refractivity contribution is 0.0517. The van der Waals surface area contributed by atoms with E-state index in [2.05, 4.69) is 10.1 Å². The first-order valence-corrected chi connectivity index (χ1v) is 7.79. The highest BCUT2D eigenvalue weighted by atomic mass is 35.5. The summed E-state index contributed by atoms with van der Waals surface area (Å²) in [6, 6.07) is 11.5. The molecule has 2 aromatic heterocycles. The predicted octanol–water partition coefficient (Wildman–Crippen LogP) is 3.85. The fourth-order valence-electron chi connectivity index (χ4n) is 1.93. The number of aromatic nitrogens is 3. The van der Waals surface area contributed by atoms with E-state index in [0.717, 1.165) is 19.6 Å². The van der Waals surface area contributed by atoms with Gasteiger partial charge in [-0.1, -0.05) is 30.3 Å². The van der Waals surface area contributed by atoms with Crippen LogP contribution < -0.4 is 0 Å². The van der Waals surface area contributed by atoms with E-state index in [1.807, 2.05) is 30.3 Å². The monoisotopic (exact) mass is 333 g/mol. The van der Waals surface area contributed by atoms with Crippen LogP contribution in [0, 0.1) is 0 Å². The normalized spacial score (nSPS) is 10.6. The van der Waals surface area contributed by atoms with Gasteiger partial charge in [0.15, 0.2) is 5.69 Å². The Hall–Kier alpha value is -2.18. The zero-order valence-electron chi connectivity index (χ0n) is 11.7. The lowest BCUT2D eigenvalue weighted by Crippen LogP contribution is -2.07. The van der Waals surface area contributed by atoms with Crippen LogP contribution in [0.5, 0.6) is 0 Å². The van der Waals surface area contributed by atoms with Crippen molar-refractivity contribution in [3.8, 4) is 21.1 Å². The topological polar surface area (TPSA) is 57.0 Å². The molecule has 1 aromatic carbocycles. The maximum absolute atomic E-state index is 11.8. The summed E-state index contributed by atoms with van der Waals surface area (Å²) in [5.74, 6) is -0.496. The zero-order chi connectivity index (χ0) is 15.5. The minimum absolute atomic E-state index is 0.202. The number of nitrogens with zero attached hydrogens (tertiary/aromatic N) is 3. The van der Waals surface area contributed by atoms with Crippen LogP contribution in [0.4, 0.5) is 0 Å². The van der Waals surface area contributed by atoms with E-state index in [4.69, 9.17) is 16.5 Å². The number of ether oxygens (including phenoxy) is 1. The van der Waals surface area contributed by atoms with Crippen LogP contribution in [-0.4, -0.2) is 26.9 Å². The van der Waals surface area contributed by atoms with Gasteiger partial charge in [0, 0.05) is 29.6 Å². The molecule has 0 aliphatic heterocycles. The molecular weight excluding hydrogens is 322 g/mol. The number of rotatable bonds is 4. The molecular formula is C15H12ClN3O2S. The Morgan fingerprint density at radius 1 is 1.36 bits per heavy atom. The molecule has 112 valence electrons. The van der Waals surface area contributed by atoms with Gasteiger partial charge in [0.25, 0.3) is 0 Å². The van der Waals surface area contributed by atoms with Crippen molar-refractivity contribution in [1.29, 1.82) is 0 Å². The van der Waals surface area contributed by atoms with Gasteiger partial charge >= 0.3 is 5.97 Å². The quantitative estimate of drug-likeness (QED) is 0.680. The smallest absolute Gasteiger partial charge is 0.358 e. The Kier molecular flexibility index (Phi) is 4.22. The summed E-state index contributed by atoms with van der Waals surface area (Å²) >= 11 is 7.43. The molecule has 5 nitrogen and oxygen atoms in total. The van der Waals surface area contributed by atoms with Gasteiger partial charge in [0.2, 0.25) is 0 Å². The third kappa shape index (κ3) is 2.88. The number of hydrogen-bond donors (Lipinski definition) is 0. The second-order valence-corrected chi connectivity index (χ2v) is 5.74. The third-order valence-electron chi connectivity index (χ3n) is 2.93. The molecule has 0 amide bonds. The average Bonchev–Trinajstić information content (AvgIpc) is 3.15. The number of carbonyl (C=O) groups excluding carboxylic acids is 1. The molecule has 22 heavy (non-hydrogen) atoms. The molecule has 0 bridgehead atoms. The molecule has 0 radical (unpaired) electrons. The molecule has 7 heteroatoms. The fourth-order valence-corrected chi connectivity index (χ4v) is 3.00. The second kappa shape index (κ2) is 6.29. The van der Waals surface area contributed by atoms with E-state index in [-0.39, 0.29) is 12.3 Å². The van der Waals surface area contributed by atoms with Gasteiger partial charge in [0.05, 0.1) is 11.5 Å². The van der Waals surface area contributed by atoms with Crippen LogP contribution in [0.3, 0.4) is 0 Å². The molecule has 0 saturated heterocycles. The van der Waals surface area contributed by atoms with Gasteiger partial charge < -0.3 is 4.74 Å². The van der Waals surface area contributed by atoms with Crippen molar-refractivity contribution in [2.45, 2.75) is 6.92 Å². The highest BCUT2D eigenvalue weighted by Gasteiger charge is 2.18. The van der Waals surface area contributed by atoms with Crippen LogP contribution in [-0.2, 0) is 4.74 Å². The van der Waals surface area contributed by atoms with Gasteiger partial charge in [-0.25, -0.2) is 9.78 Å². The van der Waals surface area contributed by atoms with E-state index >= 15 is 0 Å². The van der Waals surface area contributed by atoms with Crippen molar-refractivity contribution in [1.82, 2.24) is 14.3 Å². The van der Waals surface area contributed by atoms with Crippen molar-refractivity contribution in [3.05, 3.63) is 48.3 Å². The third-order valence-corrected chi connectivity index (χ3v) is 4.26. The van der Waals surface area contributed by atoms with Crippen LogP contribution in [0.2, 0.25) is 0 Å². The second-order valence-electron chi connectivity index (χ2n) is 4.39. The van der Waals surface area contributed by atoms with Crippen LogP contribution >= 0.6 is 23.1 Å². The molecule has 0 fully saturated rings. The Morgan fingerprint density at radius 3 is 2.86 bits per heavy atom. The van der Waals surface area contributed by atoms with Gasteiger partial charge in [-0.3, -0.25) is 0 Å². The van der Waals surface area contributed by atoms with E-state index in [1.54, 1.807) is 19.2 Å². The number of esters is 1. The highest BCUT2D eigenvalue weighted by Crippen LogP contribution is 2.31. The van der Waals surface area contributed by atoms with E-state index in [1.165, 1.54) is 11.3 Å². The average molecular weight is 334 g/mol. The minimum Gasteiger partial charge on any atom is -0.461 e. The Balaban J connectivity index is 1.91. The van der Waals surface area contributed by atoms with Crippen molar-refractivity contribution in [2.75, 3.05) is 6.61 Å². The summed E-state index contributed by atoms with van der Waals surface area (Å²) < 4.78 is 5.95. The first kappa shape index (κ1) is 14.7.